The molecule has 3 heterocycles. The number of hydrogen-bond acceptors (Lipinski definition) is 6. The maximum atomic E-state index is 14.0. The van der Waals surface area contributed by atoms with Crippen LogP contribution in [0.25, 0.3) is 15.9 Å². The van der Waals surface area contributed by atoms with Crippen LogP contribution < -0.4 is 5.56 Å². The first-order valence-electron chi connectivity index (χ1n) is 12.4. The number of carbonyl (C=O) groups excluding carboxylic acids is 1. The second kappa shape index (κ2) is 11.0. The van der Waals surface area contributed by atoms with Gasteiger partial charge in [0, 0.05) is 34.5 Å². The van der Waals surface area contributed by atoms with Gasteiger partial charge in [-0.05, 0) is 41.8 Å². The third-order valence-electron chi connectivity index (χ3n) is 6.68. The van der Waals surface area contributed by atoms with Crippen molar-refractivity contribution >= 4 is 55.0 Å². The number of carbonyl (C=O) groups is 1. The van der Waals surface area contributed by atoms with E-state index in [2.05, 4.69) is 45.1 Å². The van der Waals surface area contributed by atoms with Crippen LogP contribution >= 0.6 is 39.0 Å². The van der Waals surface area contributed by atoms with E-state index in [1.165, 1.54) is 22.2 Å². The molecule has 0 fully saturated rings. The number of thioether (sulfide) groups is 1. The van der Waals surface area contributed by atoms with Gasteiger partial charge in [0.15, 0.2) is 10.9 Å². The zero-order valence-corrected chi connectivity index (χ0v) is 23.7. The SMILES string of the molecule is O=C(CSc1nc2sc3c(c2c(=O)n1-c1ccccc1)CCN(Cc1ccccc1)C3)c1ccc(Br)cc1. The molecule has 0 aliphatic carbocycles. The van der Waals surface area contributed by atoms with Crippen LogP contribution in [-0.4, -0.2) is 32.5 Å². The van der Waals surface area contributed by atoms with Crippen molar-refractivity contribution < 1.29 is 4.79 Å². The second-order valence-corrected chi connectivity index (χ2v) is 12.2. The van der Waals surface area contributed by atoms with E-state index in [1.54, 1.807) is 15.9 Å². The van der Waals surface area contributed by atoms with Crippen LogP contribution in [0.3, 0.4) is 0 Å². The lowest BCUT2D eigenvalue weighted by atomic mass is 10.0. The van der Waals surface area contributed by atoms with E-state index in [-0.39, 0.29) is 17.1 Å². The van der Waals surface area contributed by atoms with Crippen LogP contribution in [0, 0.1) is 0 Å². The third kappa shape index (κ3) is 5.14. The molecule has 8 heteroatoms. The normalized spacial score (nSPS) is 13.5. The number of Topliss-reactive ketones (excluding diaryl/α,β-unsaturated/α-hetero) is 1. The molecule has 3 aromatic carbocycles. The highest BCUT2D eigenvalue weighted by atomic mass is 79.9. The van der Waals surface area contributed by atoms with E-state index in [0.717, 1.165) is 52.0 Å². The Hall–Kier alpha value is -3.04. The van der Waals surface area contributed by atoms with Crippen molar-refractivity contribution in [3.8, 4) is 5.69 Å². The molecule has 0 bridgehead atoms. The van der Waals surface area contributed by atoms with E-state index in [4.69, 9.17) is 4.98 Å². The average molecular weight is 603 g/mol. The Morgan fingerprint density at radius 3 is 2.42 bits per heavy atom. The molecule has 0 saturated carbocycles. The number of ketones is 1. The van der Waals surface area contributed by atoms with Gasteiger partial charge in [0.2, 0.25) is 0 Å². The van der Waals surface area contributed by atoms with Crippen LogP contribution in [0.1, 0.15) is 26.4 Å². The largest absolute Gasteiger partial charge is 0.294 e. The molecule has 6 rings (SSSR count). The minimum atomic E-state index is -0.0613. The maximum Gasteiger partial charge on any atom is 0.267 e. The van der Waals surface area contributed by atoms with Gasteiger partial charge < -0.3 is 0 Å². The van der Waals surface area contributed by atoms with Gasteiger partial charge in [-0.2, -0.15) is 0 Å². The minimum absolute atomic E-state index is 0.00140. The fourth-order valence-electron chi connectivity index (χ4n) is 4.80. The average Bonchev–Trinajstić information content (AvgIpc) is 3.31. The molecule has 2 aromatic heterocycles. The Labute approximate surface area is 237 Å². The summed E-state index contributed by atoms with van der Waals surface area (Å²) in [5.74, 6) is 0.195. The Morgan fingerprint density at radius 2 is 1.68 bits per heavy atom. The number of halogens is 1. The lowest BCUT2D eigenvalue weighted by molar-refractivity contribution is 0.102. The quantitative estimate of drug-likeness (QED) is 0.117. The van der Waals surface area contributed by atoms with Crippen molar-refractivity contribution in [2.24, 2.45) is 0 Å². The highest BCUT2D eigenvalue weighted by molar-refractivity contribution is 9.10. The van der Waals surface area contributed by atoms with Crippen molar-refractivity contribution in [2.75, 3.05) is 12.3 Å². The van der Waals surface area contributed by atoms with Crippen LogP contribution in [0.5, 0.6) is 0 Å². The van der Waals surface area contributed by atoms with Crippen molar-refractivity contribution in [3.05, 3.63) is 121 Å². The molecule has 0 spiro atoms. The highest BCUT2D eigenvalue weighted by Gasteiger charge is 2.26. The van der Waals surface area contributed by atoms with Crippen LogP contribution in [0.15, 0.2) is 99.4 Å². The fourth-order valence-corrected chi connectivity index (χ4v) is 7.28. The van der Waals surface area contributed by atoms with Gasteiger partial charge in [-0.3, -0.25) is 19.1 Å². The summed E-state index contributed by atoms with van der Waals surface area (Å²) in [6, 6.07) is 27.4. The Bertz CT molecular complexity index is 1670. The summed E-state index contributed by atoms with van der Waals surface area (Å²) < 4.78 is 2.60. The molecular formula is C30H24BrN3O2S2. The van der Waals surface area contributed by atoms with Crippen molar-refractivity contribution in [1.29, 1.82) is 0 Å². The lowest BCUT2D eigenvalue weighted by Crippen LogP contribution is -2.30. The monoisotopic (exact) mass is 601 g/mol. The van der Waals surface area contributed by atoms with Crippen molar-refractivity contribution in [3.63, 3.8) is 0 Å². The lowest BCUT2D eigenvalue weighted by Gasteiger charge is -2.26. The predicted molar refractivity (Wildman–Crippen MR) is 159 cm³/mol. The minimum Gasteiger partial charge on any atom is -0.294 e. The zero-order chi connectivity index (χ0) is 26.1. The molecule has 38 heavy (non-hydrogen) atoms. The Kier molecular flexibility index (Phi) is 7.30. The number of thiophene rings is 1. The molecule has 0 unspecified atom stereocenters. The number of rotatable bonds is 7. The van der Waals surface area contributed by atoms with E-state index < -0.39 is 0 Å². The summed E-state index contributed by atoms with van der Waals surface area (Å²) in [4.78, 5) is 36.3. The van der Waals surface area contributed by atoms with Gasteiger partial charge in [-0.1, -0.05) is 88.4 Å². The smallest absolute Gasteiger partial charge is 0.267 e. The molecule has 5 aromatic rings. The molecule has 1 aliphatic heterocycles. The van der Waals surface area contributed by atoms with Crippen molar-refractivity contribution in [1.82, 2.24) is 14.5 Å². The molecule has 190 valence electrons. The summed E-state index contributed by atoms with van der Waals surface area (Å²) >= 11 is 6.34. The van der Waals surface area contributed by atoms with Gasteiger partial charge in [0.25, 0.3) is 5.56 Å². The maximum absolute atomic E-state index is 14.0. The highest BCUT2D eigenvalue weighted by Crippen LogP contribution is 2.35. The van der Waals surface area contributed by atoms with E-state index in [0.29, 0.717) is 10.7 Å². The molecule has 0 saturated heterocycles. The molecule has 0 amide bonds. The third-order valence-corrected chi connectivity index (χ3v) is 9.26. The topological polar surface area (TPSA) is 55.2 Å². The number of para-hydroxylation sites is 1. The number of nitrogens with zero attached hydrogens (tertiary/aromatic N) is 3. The summed E-state index contributed by atoms with van der Waals surface area (Å²) in [5.41, 5.74) is 3.75. The van der Waals surface area contributed by atoms with Gasteiger partial charge >= 0.3 is 0 Å². The summed E-state index contributed by atoms with van der Waals surface area (Å²) in [6.45, 7) is 2.59. The second-order valence-electron chi connectivity index (χ2n) is 9.22. The van der Waals surface area contributed by atoms with E-state index in [9.17, 15) is 9.59 Å². The number of aromatic nitrogens is 2. The van der Waals surface area contributed by atoms with E-state index >= 15 is 0 Å². The standard InChI is InChI=1S/C30H24BrN3O2S2/c31-22-13-11-21(12-14-22)25(35)19-37-30-32-28-27(29(36)34(30)23-9-5-2-6-10-23)24-15-16-33(18-26(24)38-28)17-20-7-3-1-4-8-20/h1-14H,15-19H2. The molecule has 0 N–H and O–H groups in total. The zero-order valence-electron chi connectivity index (χ0n) is 20.5. The number of fused-ring (bicyclic) bond motifs is 3. The summed E-state index contributed by atoms with van der Waals surface area (Å²) in [7, 11) is 0. The molecule has 0 radical (unpaired) electrons. The van der Waals surface area contributed by atoms with Crippen LogP contribution in [0.2, 0.25) is 0 Å². The van der Waals surface area contributed by atoms with Gasteiger partial charge in [-0.15, -0.1) is 11.3 Å². The van der Waals surface area contributed by atoms with Gasteiger partial charge in [-0.25, -0.2) is 4.98 Å². The predicted octanol–water partition coefficient (Wildman–Crippen LogP) is 6.74. The van der Waals surface area contributed by atoms with E-state index in [1.807, 2.05) is 60.7 Å². The first kappa shape index (κ1) is 25.2. The Morgan fingerprint density at radius 1 is 0.974 bits per heavy atom. The van der Waals surface area contributed by atoms with Crippen LogP contribution in [-0.2, 0) is 19.5 Å². The fraction of sp³-hybridized carbons (Fsp3) is 0.167. The molecule has 1 aliphatic rings. The molecule has 5 nitrogen and oxygen atoms in total. The molecule has 0 atom stereocenters. The first-order chi connectivity index (χ1) is 18.6. The van der Waals surface area contributed by atoms with Gasteiger partial charge in [0.05, 0.1) is 16.8 Å². The summed E-state index contributed by atoms with van der Waals surface area (Å²) in [6.07, 6.45) is 0.822. The summed E-state index contributed by atoms with van der Waals surface area (Å²) in [5, 5.41) is 1.26. The number of benzene rings is 3. The van der Waals surface area contributed by atoms with Crippen LogP contribution in [0.4, 0.5) is 0 Å². The van der Waals surface area contributed by atoms with Crippen molar-refractivity contribution in [2.45, 2.75) is 24.7 Å². The van der Waals surface area contributed by atoms with Gasteiger partial charge in [0.1, 0.15) is 4.83 Å². The molecular weight excluding hydrogens is 578 g/mol. The Balaban J connectivity index is 1.35. The first-order valence-corrected chi connectivity index (χ1v) is 15.0. The number of hydrogen-bond donors (Lipinski definition) is 0.